The van der Waals surface area contributed by atoms with Gasteiger partial charge in [-0.05, 0) is 37.9 Å². The fraction of sp³-hybridized carbons (Fsp3) is 0.625. The van der Waals surface area contributed by atoms with Crippen LogP contribution in [0, 0.1) is 0 Å². The van der Waals surface area contributed by atoms with Gasteiger partial charge in [-0.3, -0.25) is 0 Å². The van der Waals surface area contributed by atoms with Crippen molar-refractivity contribution in [3.63, 3.8) is 0 Å². The smallest absolute Gasteiger partial charge is 0.0161 e. The van der Waals surface area contributed by atoms with Gasteiger partial charge in [-0.2, -0.15) is 0 Å². The molecule has 0 aromatic heterocycles. The summed E-state index contributed by atoms with van der Waals surface area (Å²) < 4.78 is 0. The molecule has 17 heavy (non-hydrogen) atoms. The number of benzene rings is 1. The third-order valence-corrected chi connectivity index (χ3v) is 3.78. The van der Waals surface area contributed by atoms with E-state index in [2.05, 4.69) is 63.1 Å². The van der Waals surface area contributed by atoms with Gasteiger partial charge in [-0.15, -0.1) is 0 Å². The molecule has 0 fully saturated rings. The van der Waals surface area contributed by atoms with E-state index in [0.717, 1.165) is 6.54 Å². The molecule has 0 saturated heterocycles. The number of hydrogen-bond donors (Lipinski definition) is 0. The van der Waals surface area contributed by atoms with E-state index in [1.54, 1.807) is 0 Å². The van der Waals surface area contributed by atoms with Gasteiger partial charge < -0.3 is 4.90 Å². The van der Waals surface area contributed by atoms with Crippen molar-refractivity contribution in [2.24, 2.45) is 0 Å². The summed E-state index contributed by atoms with van der Waals surface area (Å²) in [7, 11) is 2.26. The molecule has 0 spiro atoms. The lowest BCUT2D eigenvalue weighted by molar-refractivity contribution is 0.203. The molecule has 0 saturated carbocycles. The molecule has 2 atom stereocenters. The van der Waals surface area contributed by atoms with Gasteiger partial charge in [0, 0.05) is 6.04 Å². The summed E-state index contributed by atoms with van der Waals surface area (Å²) in [6.45, 7) is 7.98. The van der Waals surface area contributed by atoms with Gasteiger partial charge >= 0.3 is 0 Å². The number of hydrogen-bond acceptors (Lipinski definition) is 1. The molecule has 0 bridgehead atoms. The van der Waals surface area contributed by atoms with Crippen molar-refractivity contribution in [3.05, 3.63) is 35.9 Å². The van der Waals surface area contributed by atoms with Crippen molar-refractivity contribution >= 4 is 0 Å². The van der Waals surface area contributed by atoms with E-state index in [4.69, 9.17) is 0 Å². The van der Waals surface area contributed by atoms with E-state index in [-0.39, 0.29) is 0 Å². The molecular formula is C16H27N. The van der Waals surface area contributed by atoms with E-state index in [1.165, 1.54) is 24.8 Å². The van der Waals surface area contributed by atoms with Gasteiger partial charge in [0.25, 0.3) is 0 Å². The lowest BCUT2D eigenvalue weighted by Crippen LogP contribution is -2.36. The minimum absolute atomic E-state index is 0.668. The molecule has 0 aliphatic carbocycles. The van der Waals surface area contributed by atoms with Crippen LogP contribution in [-0.4, -0.2) is 24.5 Å². The molecule has 2 unspecified atom stereocenters. The Bertz CT molecular complexity index is 294. The van der Waals surface area contributed by atoms with Crippen LogP contribution < -0.4 is 0 Å². The summed E-state index contributed by atoms with van der Waals surface area (Å²) in [5.41, 5.74) is 1.49. The predicted molar refractivity (Wildman–Crippen MR) is 76.5 cm³/mol. The van der Waals surface area contributed by atoms with Gasteiger partial charge in [-0.25, -0.2) is 0 Å². The maximum atomic E-state index is 2.50. The second-order valence-corrected chi connectivity index (χ2v) is 4.85. The Morgan fingerprint density at radius 1 is 1.06 bits per heavy atom. The summed E-state index contributed by atoms with van der Waals surface area (Å²) in [6.07, 6.45) is 3.77. The van der Waals surface area contributed by atoms with Crippen LogP contribution in [0.5, 0.6) is 0 Å². The molecule has 0 radical (unpaired) electrons. The molecule has 0 amide bonds. The van der Waals surface area contributed by atoms with E-state index in [9.17, 15) is 0 Å². The summed E-state index contributed by atoms with van der Waals surface area (Å²) in [6, 6.07) is 11.7. The van der Waals surface area contributed by atoms with Crippen molar-refractivity contribution in [1.29, 1.82) is 0 Å². The molecule has 0 N–H and O–H groups in total. The highest BCUT2D eigenvalue weighted by atomic mass is 15.1. The fourth-order valence-corrected chi connectivity index (χ4v) is 2.69. The Morgan fingerprint density at radius 3 is 2.18 bits per heavy atom. The normalized spacial score (nSPS) is 14.9. The molecule has 1 nitrogen and oxygen atoms in total. The Morgan fingerprint density at radius 2 is 1.71 bits per heavy atom. The molecule has 96 valence electrons. The lowest BCUT2D eigenvalue weighted by atomic mass is 9.86. The van der Waals surface area contributed by atoms with Crippen molar-refractivity contribution in [2.75, 3.05) is 13.6 Å². The van der Waals surface area contributed by atoms with E-state index < -0.39 is 0 Å². The molecule has 0 aliphatic rings. The summed E-state index contributed by atoms with van der Waals surface area (Å²) in [4.78, 5) is 2.50. The fourth-order valence-electron chi connectivity index (χ4n) is 2.69. The van der Waals surface area contributed by atoms with Crippen LogP contribution in [0.4, 0.5) is 0 Å². The van der Waals surface area contributed by atoms with Crippen LogP contribution in [0.1, 0.15) is 51.5 Å². The predicted octanol–water partition coefficient (Wildman–Crippen LogP) is 4.30. The first-order valence-corrected chi connectivity index (χ1v) is 6.99. The monoisotopic (exact) mass is 233 g/mol. The second kappa shape index (κ2) is 7.50. The number of nitrogens with zero attached hydrogens (tertiary/aromatic N) is 1. The lowest BCUT2D eigenvalue weighted by Gasteiger charge is -2.34. The first-order chi connectivity index (χ1) is 8.24. The van der Waals surface area contributed by atoms with Gasteiger partial charge in [0.15, 0.2) is 0 Å². The molecule has 1 rings (SSSR count). The average molecular weight is 233 g/mol. The van der Waals surface area contributed by atoms with Gasteiger partial charge in [0.05, 0.1) is 0 Å². The zero-order valence-electron chi connectivity index (χ0n) is 11.8. The maximum absolute atomic E-state index is 2.50. The zero-order chi connectivity index (χ0) is 12.7. The van der Waals surface area contributed by atoms with Gasteiger partial charge in [-0.1, -0.05) is 57.5 Å². The van der Waals surface area contributed by atoms with Crippen molar-refractivity contribution in [2.45, 2.75) is 52.0 Å². The van der Waals surface area contributed by atoms with Gasteiger partial charge in [0.1, 0.15) is 0 Å². The molecule has 1 aromatic rings. The van der Waals surface area contributed by atoms with Crippen LogP contribution in [0.25, 0.3) is 0 Å². The first kappa shape index (κ1) is 14.2. The highest BCUT2D eigenvalue weighted by Crippen LogP contribution is 2.28. The van der Waals surface area contributed by atoms with Crippen molar-refractivity contribution in [3.8, 4) is 0 Å². The van der Waals surface area contributed by atoms with Crippen molar-refractivity contribution in [1.82, 2.24) is 4.90 Å². The molecule has 1 heteroatoms. The van der Waals surface area contributed by atoms with Gasteiger partial charge in [0.2, 0.25) is 0 Å². The molecule has 0 heterocycles. The number of rotatable bonds is 7. The number of likely N-dealkylation sites (N-methyl/N-ethyl adjacent to an activating group) is 1. The first-order valence-electron chi connectivity index (χ1n) is 6.99. The van der Waals surface area contributed by atoms with Crippen LogP contribution in [0.3, 0.4) is 0 Å². The van der Waals surface area contributed by atoms with Crippen LogP contribution >= 0.6 is 0 Å². The Labute approximate surface area is 107 Å². The minimum atomic E-state index is 0.668. The standard InChI is InChI=1S/C16H27N/c1-5-11-16(17(4)7-3)15(6-2)14-12-9-8-10-13-14/h8-10,12-13,15-16H,5-7,11H2,1-4H3. The third kappa shape index (κ3) is 3.85. The molecule has 0 aliphatic heterocycles. The molecule has 1 aromatic carbocycles. The average Bonchev–Trinajstić information content (AvgIpc) is 2.39. The van der Waals surface area contributed by atoms with Crippen LogP contribution in [0.15, 0.2) is 30.3 Å². The highest BCUT2D eigenvalue weighted by Gasteiger charge is 2.23. The minimum Gasteiger partial charge on any atom is -0.303 e. The summed E-state index contributed by atoms with van der Waals surface area (Å²) in [5.74, 6) is 0.668. The maximum Gasteiger partial charge on any atom is 0.0161 e. The quantitative estimate of drug-likeness (QED) is 0.678. The van der Waals surface area contributed by atoms with E-state index >= 15 is 0 Å². The molecular weight excluding hydrogens is 206 g/mol. The third-order valence-electron chi connectivity index (χ3n) is 3.78. The van der Waals surface area contributed by atoms with E-state index in [0.29, 0.717) is 12.0 Å². The topological polar surface area (TPSA) is 3.24 Å². The SMILES string of the molecule is CCCC(C(CC)c1ccccc1)N(C)CC. The Kier molecular flexibility index (Phi) is 6.28. The van der Waals surface area contributed by atoms with Crippen LogP contribution in [-0.2, 0) is 0 Å². The zero-order valence-corrected chi connectivity index (χ0v) is 11.8. The Hall–Kier alpha value is -0.820. The van der Waals surface area contributed by atoms with E-state index in [1.807, 2.05) is 0 Å². The largest absolute Gasteiger partial charge is 0.303 e. The van der Waals surface area contributed by atoms with Crippen molar-refractivity contribution < 1.29 is 0 Å². The van der Waals surface area contributed by atoms with Crippen LogP contribution in [0.2, 0.25) is 0 Å². The second-order valence-electron chi connectivity index (χ2n) is 4.85. The Balaban J connectivity index is 2.89. The highest BCUT2D eigenvalue weighted by molar-refractivity contribution is 5.21. The summed E-state index contributed by atoms with van der Waals surface area (Å²) in [5, 5.41) is 0. The summed E-state index contributed by atoms with van der Waals surface area (Å²) >= 11 is 0.